The lowest BCUT2D eigenvalue weighted by Crippen LogP contribution is -2.37. The Morgan fingerprint density at radius 3 is 2.62 bits per heavy atom. The molecule has 2 N–H and O–H groups in total. The Labute approximate surface area is 129 Å². The van der Waals surface area contributed by atoms with Crippen LogP contribution in [0.15, 0.2) is 12.4 Å². The molecule has 0 bridgehead atoms. The van der Waals surface area contributed by atoms with Crippen LogP contribution in [-0.2, 0) is 6.42 Å². The SMILES string of the molecule is CCCc1cc(N(CCCN)C2CCCCCC2)ncn1. The lowest BCUT2D eigenvalue weighted by molar-refractivity contribution is 0.514. The fourth-order valence-electron chi connectivity index (χ4n) is 3.25. The molecule has 1 aliphatic rings. The van der Waals surface area contributed by atoms with Gasteiger partial charge in [0.05, 0.1) is 0 Å². The van der Waals surface area contributed by atoms with Gasteiger partial charge in [-0.2, -0.15) is 0 Å². The van der Waals surface area contributed by atoms with Crippen molar-refractivity contribution in [3.63, 3.8) is 0 Å². The predicted molar refractivity (Wildman–Crippen MR) is 88.5 cm³/mol. The summed E-state index contributed by atoms with van der Waals surface area (Å²) in [5.74, 6) is 1.11. The first kappa shape index (κ1) is 16.2. The highest BCUT2D eigenvalue weighted by Crippen LogP contribution is 2.26. The van der Waals surface area contributed by atoms with Crippen molar-refractivity contribution in [2.75, 3.05) is 18.0 Å². The molecule has 1 aromatic rings. The maximum atomic E-state index is 5.73. The highest BCUT2D eigenvalue weighted by Gasteiger charge is 2.21. The quantitative estimate of drug-likeness (QED) is 0.783. The number of rotatable bonds is 7. The Morgan fingerprint density at radius 2 is 1.95 bits per heavy atom. The van der Waals surface area contributed by atoms with Gasteiger partial charge in [0, 0.05) is 24.3 Å². The molecule has 0 unspecified atom stereocenters. The standard InChI is InChI=1S/C17H30N4/c1-2-8-15-13-17(20-14-19-15)21(12-7-11-18)16-9-5-3-4-6-10-16/h13-14,16H,2-12,18H2,1H3. The molecule has 4 heteroatoms. The fraction of sp³-hybridized carbons (Fsp3) is 0.765. The molecule has 1 fully saturated rings. The maximum Gasteiger partial charge on any atom is 0.132 e. The summed E-state index contributed by atoms with van der Waals surface area (Å²) < 4.78 is 0. The number of nitrogens with zero attached hydrogens (tertiary/aromatic N) is 3. The summed E-state index contributed by atoms with van der Waals surface area (Å²) in [5, 5.41) is 0. The van der Waals surface area contributed by atoms with Gasteiger partial charge in [-0.05, 0) is 32.2 Å². The molecule has 2 rings (SSSR count). The second kappa shape index (κ2) is 8.98. The lowest BCUT2D eigenvalue weighted by Gasteiger charge is -2.32. The minimum Gasteiger partial charge on any atom is -0.353 e. The van der Waals surface area contributed by atoms with Gasteiger partial charge < -0.3 is 10.6 Å². The number of nitrogens with two attached hydrogens (primary N) is 1. The fourth-order valence-corrected chi connectivity index (χ4v) is 3.25. The summed E-state index contributed by atoms with van der Waals surface area (Å²) in [6.07, 6.45) is 12.9. The third-order valence-corrected chi connectivity index (χ3v) is 4.38. The number of anilines is 1. The molecule has 118 valence electrons. The van der Waals surface area contributed by atoms with Crippen molar-refractivity contribution in [1.82, 2.24) is 9.97 Å². The zero-order valence-electron chi connectivity index (χ0n) is 13.4. The molecule has 1 saturated carbocycles. The number of aryl methyl sites for hydroxylation is 1. The predicted octanol–water partition coefficient (Wildman–Crippen LogP) is 3.31. The van der Waals surface area contributed by atoms with Gasteiger partial charge in [0.25, 0.3) is 0 Å². The van der Waals surface area contributed by atoms with Crippen LogP contribution in [0.25, 0.3) is 0 Å². The first-order valence-electron chi connectivity index (χ1n) is 8.62. The van der Waals surface area contributed by atoms with Gasteiger partial charge >= 0.3 is 0 Å². The number of hydrogen-bond donors (Lipinski definition) is 1. The molecule has 4 nitrogen and oxygen atoms in total. The van der Waals surface area contributed by atoms with E-state index in [2.05, 4.69) is 27.9 Å². The monoisotopic (exact) mass is 290 g/mol. The average molecular weight is 290 g/mol. The van der Waals surface area contributed by atoms with Crippen molar-refractivity contribution in [3.05, 3.63) is 18.1 Å². The lowest BCUT2D eigenvalue weighted by atomic mass is 10.1. The van der Waals surface area contributed by atoms with Gasteiger partial charge in [-0.1, -0.05) is 39.0 Å². The summed E-state index contributed by atoms with van der Waals surface area (Å²) in [7, 11) is 0. The third kappa shape index (κ3) is 4.95. The third-order valence-electron chi connectivity index (χ3n) is 4.38. The van der Waals surface area contributed by atoms with Crippen molar-refractivity contribution < 1.29 is 0 Å². The van der Waals surface area contributed by atoms with Crippen LogP contribution in [0.5, 0.6) is 0 Å². The minimum absolute atomic E-state index is 0.628. The van der Waals surface area contributed by atoms with Crippen molar-refractivity contribution in [1.29, 1.82) is 0 Å². The van der Waals surface area contributed by atoms with Crippen molar-refractivity contribution >= 4 is 5.82 Å². The highest BCUT2D eigenvalue weighted by atomic mass is 15.2. The first-order chi connectivity index (χ1) is 10.3. The van der Waals surface area contributed by atoms with Crippen LogP contribution in [0.3, 0.4) is 0 Å². The zero-order valence-corrected chi connectivity index (χ0v) is 13.4. The summed E-state index contributed by atoms with van der Waals surface area (Å²) in [6.45, 7) is 3.96. The van der Waals surface area contributed by atoms with Gasteiger partial charge in [0.15, 0.2) is 0 Å². The molecule has 1 heterocycles. The van der Waals surface area contributed by atoms with Crippen LogP contribution in [0, 0.1) is 0 Å². The van der Waals surface area contributed by atoms with E-state index in [-0.39, 0.29) is 0 Å². The molecule has 21 heavy (non-hydrogen) atoms. The summed E-state index contributed by atoms with van der Waals surface area (Å²) in [5.41, 5.74) is 6.89. The van der Waals surface area contributed by atoms with Crippen molar-refractivity contribution in [3.8, 4) is 0 Å². The van der Waals surface area contributed by atoms with E-state index < -0.39 is 0 Å². The van der Waals surface area contributed by atoms with Crippen molar-refractivity contribution in [2.45, 2.75) is 70.8 Å². The van der Waals surface area contributed by atoms with E-state index >= 15 is 0 Å². The Balaban J connectivity index is 2.15. The van der Waals surface area contributed by atoms with E-state index in [1.807, 2.05) is 0 Å². The second-order valence-corrected chi connectivity index (χ2v) is 6.10. The zero-order chi connectivity index (χ0) is 14.9. The Kier molecular flexibility index (Phi) is 6.93. The molecule has 0 aliphatic heterocycles. The van der Waals surface area contributed by atoms with Crippen molar-refractivity contribution in [2.24, 2.45) is 5.73 Å². The van der Waals surface area contributed by atoms with Crippen LogP contribution in [0.1, 0.15) is 64.0 Å². The van der Waals surface area contributed by atoms with Crippen LogP contribution in [0.2, 0.25) is 0 Å². The molecule has 0 radical (unpaired) electrons. The van der Waals surface area contributed by atoms with Gasteiger partial charge in [-0.3, -0.25) is 0 Å². The molecule has 0 amide bonds. The molecule has 0 atom stereocenters. The maximum absolute atomic E-state index is 5.73. The second-order valence-electron chi connectivity index (χ2n) is 6.10. The Bertz CT molecular complexity index is 400. The normalized spacial score (nSPS) is 16.7. The summed E-state index contributed by atoms with van der Waals surface area (Å²) >= 11 is 0. The smallest absolute Gasteiger partial charge is 0.132 e. The largest absolute Gasteiger partial charge is 0.353 e. The summed E-state index contributed by atoms with van der Waals surface area (Å²) in [6, 6.07) is 2.81. The Morgan fingerprint density at radius 1 is 1.19 bits per heavy atom. The highest BCUT2D eigenvalue weighted by molar-refractivity contribution is 5.40. The van der Waals surface area contributed by atoms with Gasteiger partial charge in [0.1, 0.15) is 12.1 Å². The topological polar surface area (TPSA) is 55.0 Å². The molecule has 0 aromatic carbocycles. The molecule has 1 aliphatic carbocycles. The minimum atomic E-state index is 0.628. The Hall–Kier alpha value is -1.16. The average Bonchev–Trinajstić information content (AvgIpc) is 2.78. The van der Waals surface area contributed by atoms with E-state index in [9.17, 15) is 0 Å². The van der Waals surface area contributed by atoms with E-state index in [1.165, 1.54) is 38.5 Å². The van der Waals surface area contributed by atoms with E-state index in [1.54, 1.807) is 6.33 Å². The van der Waals surface area contributed by atoms with Crippen LogP contribution < -0.4 is 10.6 Å². The number of aromatic nitrogens is 2. The molecular weight excluding hydrogens is 260 g/mol. The van der Waals surface area contributed by atoms with Crippen LogP contribution in [0.4, 0.5) is 5.82 Å². The molecule has 1 aromatic heterocycles. The molecular formula is C17H30N4. The van der Waals surface area contributed by atoms with Crippen LogP contribution in [-0.4, -0.2) is 29.1 Å². The summed E-state index contributed by atoms with van der Waals surface area (Å²) in [4.78, 5) is 11.4. The molecule has 0 saturated heterocycles. The number of hydrogen-bond acceptors (Lipinski definition) is 4. The van der Waals surface area contributed by atoms with Crippen LogP contribution >= 0.6 is 0 Å². The van der Waals surface area contributed by atoms with Gasteiger partial charge in [0.2, 0.25) is 0 Å². The van der Waals surface area contributed by atoms with E-state index in [4.69, 9.17) is 5.73 Å². The molecule has 0 spiro atoms. The van der Waals surface area contributed by atoms with Gasteiger partial charge in [-0.15, -0.1) is 0 Å². The first-order valence-corrected chi connectivity index (χ1v) is 8.62. The van der Waals surface area contributed by atoms with Gasteiger partial charge in [-0.25, -0.2) is 9.97 Å². The van der Waals surface area contributed by atoms with E-state index in [0.717, 1.165) is 43.9 Å². The van der Waals surface area contributed by atoms with E-state index in [0.29, 0.717) is 6.04 Å².